The lowest BCUT2D eigenvalue weighted by molar-refractivity contribution is -0.173. The molecule has 0 bridgehead atoms. The molecule has 2 fully saturated rings. The summed E-state index contributed by atoms with van der Waals surface area (Å²) in [5, 5.41) is 21.0. The van der Waals surface area contributed by atoms with E-state index in [9.17, 15) is 29.5 Å². The van der Waals surface area contributed by atoms with Crippen LogP contribution in [-0.2, 0) is 24.6 Å². The highest BCUT2D eigenvalue weighted by Gasteiger charge is 2.65. The van der Waals surface area contributed by atoms with Gasteiger partial charge in [0.15, 0.2) is 11.6 Å². The van der Waals surface area contributed by atoms with Crippen LogP contribution < -0.4 is 0 Å². The molecular weight excluding hydrogens is 530 g/mol. The monoisotopic (exact) mass is 559 g/mol. The minimum atomic E-state index is -1.32. The largest absolute Gasteiger partial charge is 0.508 e. The molecule has 3 aromatic carbocycles. The average molecular weight is 560 g/mol. The molecule has 3 aromatic rings. The number of hydrogen-bond donors (Lipinski definition) is 2. The van der Waals surface area contributed by atoms with E-state index >= 15 is 0 Å². The molecule has 1 aliphatic heterocycles. The quantitative estimate of drug-likeness (QED) is 0.268. The van der Waals surface area contributed by atoms with Crippen molar-refractivity contribution in [3.63, 3.8) is 0 Å². The molecule has 1 saturated heterocycles. The molecule has 0 aromatic heterocycles. The van der Waals surface area contributed by atoms with Crippen LogP contribution in [0.15, 0.2) is 96.6 Å². The Bertz CT molecular complexity index is 1720. The molecule has 0 radical (unpaired) electrons. The van der Waals surface area contributed by atoms with Crippen molar-refractivity contribution in [2.24, 2.45) is 23.7 Å². The highest BCUT2D eigenvalue weighted by atomic mass is 16.5. The van der Waals surface area contributed by atoms with E-state index in [0.717, 1.165) is 11.1 Å². The van der Waals surface area contributed by atoms with Gasteiger partial charge in [0.2, 0.25) is 0 Å². The summed E-state index contributed by atoms with van der Waals surface area (Å²) in [7, 11) is 0. The first kappa shape index (κ1) is 26.3. The van der Waals surface area contributed by atoms with E-state index in [0.29, 0.717) is 22.3 Å². The van der Waals surface area contributed by atoms with Gasteiger partial charge in [-0.1, -0.05) is 84.4 Å². The molecule has 2 N–H and O–H groups in total. The summed E-state index contributed by atoms with van der Waals surface area (Å²) in [6.07, 6.45) is 3.84. The number of rotatable bonds is 3. The van der Waals surface area contributed by atoms with Crippen molar-refractivity contribution in [2.45, 2.75) is 31.1 Å². The minimum Gasteiger partial charge on any atom is -0.508 e. The van der Waals surface area contributed by atoms with Crippen LogP contribution in [-0.4, -0.2) is 38.8 Å². The van der Waals surface area contributed by atoms with E-state index in [1.54, 1.807) is 31.2 Å². The second kappa shape index (κ2) is 9.46. The van der Waals surface area contributed by atoms with Gasteiger partial charge in [-0.3, -0.25) is 24.4 Å². The van der Waals surface area contributed by atoms with Crippen LogP contribution in [0.4, 0.5) is 0 Å². The van der Waals surface area contributed by atoms with E-state index < -0.39 is 46.8 Å². The van der Waals surface area contributed by atoms with Crippen LogP contribution in [0, 0.1) is 30.6 Å². The zero-order chi connectivity index (χ0) is 29.3. The van der Waals surface area contributed by atoms with E-state index in [1.807, 2.05) is 60.7 Å². The van der Waals surface area contributed by atoms with Crippen molar-refractivity contribution in [2.75, 3.05) is 0 Å². The van der Waals surface area contributed by atoms with Crippen LogP contribution in [0.25, 0.3) is 5.57 Å². The number of nitrogens with zero attached hydrogens (tertiary/aromatic N) is 1. The van der Waals surface area contributed by atoms with E-state index in [4.69, 9.17) is 0 Å². The Morgan fingerprint density at radius 1 is 0.857 bits per heavy atom. The summed E-state index contributed by atoms with van der Waals surface area (Å²) in [6.45, 7) is 1.78. The Kier molecular flexibility index (Phi) is 5.92. The molecule has 3 aliphatic carbocycles. The Labute approximate surface area is 242 Å². The number of fused-ring (bicyclic) bond motifs is 4. The predicted molar refractivity (Wildman–Crippen MR) is 153 cm³/mol. The number of allylic oxidation sites excluding steroid dienone is 4. The van der Waals surface area contributed by atoms with Crippen molar-refractivity contribution < 1.29 is 29.5 Å². The molecule has 210 valence electrons. The second-order valence-electron chi connectivity index (χ2n) is 11.8. The molecule has 4 aliphatic rings. The number of ketones is 2. The molecule has 42 heavy (non-hydrogen) atoms. The van der Waals surface area contributed by atoms with E-state index in [1.165, 1.54) is 6.08 Å². The summed E-state index contributed by atoms with van der Waals surface area (Å²) in [5.41, 5.74) is 2.53. The predicted octanol–water partition coefficient (Wildman–Crippen LogP) is 4.91. The Balaban J connectivity index is 1.53. The highest BCUT2D eigenvalue weighted by Crippen LogP contribution is 2.63. The molecule has 6 atom stereocenters. The van der Waals surface area contributed by atoms with Gasteiger partial charge < -0.3 is 5.11 Å². The third kappa shape index (κ3) is 3.50. The van der Waals surface area contributed by atoms with Gasteiger partial charge in [0.1, 0.15) is 5.75 Å². The van der Waals surface area contributed by atoms with Gasteiger partial charge in [-0.15, -0.1) is 0 Å². The maximum absolute atomic E-state index is 14.8. The zero-order valence-corrected chi connectivity index (χ0v) is 22.9. The van der Waals surface area contributed by atoms with Crippen molar-refractivity contribution in [1.29, 1.82) is 0 Å². The summed E-state index contributed by atoms with van der Waals surface area (Å²) >= 11 is 0. The summed E-state index contributed by atoms with van der Waals surface area (Å²) in [5.74, 6) is -5.16. The Morgan fingerprint density at radius 2 is 1.55 bits per heavy atom. The molecule has 0 spiro atoms. The van der Waals surface area contributed by atoms with Gasteiger partial charge >= 0.3 is 0 Å². The topological polar surface area (TPSA) is 112 Å². The lowest BCUT2D eigenvalue weighted by Crippen LogP contribution is -2.58. The SMILES string of the molecule is Cc1cc(C2C3=CCC4C(=O)N(O)C(=O)C4C3CC3C(=O)C(c4ccccc4)=CC(=O)C32c2ccccc2)ccc1O. The van der Waals surface area contributed by atoms with Crippen molar-refractivity contribution in [3.05, 3.63) is 119 Å². The number of hydrogen-bond acceptors (Lipinski definition) is 6. The number of Topliss-reactive ketones (excluding diaryl/α,β-unsaturated/α-hetero) is 1. The lowest BCUT2D eigenvalue weighted by atomic mass is 9.44. The Hall–Kier alpha value is -4.62. The van der Waals surface area contributed by atoms with Gasteiger partial charge in [0, 0.05) is 17.4 Å². The number of aryl methyl sites for hydroxylation is 1. The fraction of sp³-hybridized carbons (Fsp3) is 0.257. The van der Waals surface area contributed by atoms with Crippen LogP contribution in [0.3, 0.4) is 0 Å². The molecule has 1 saturated carbocycles. The van der Waals surface area contributed by atoms with Gasteiger partial charge in [-0.25, -0.2) is 0 Å². The van der Waals surface area contributed by atoms with Gasteiger partial charge in [0.05, 0.1) is 17.3 Å². The van der Waals surface area contributed by atoms with Gasteiger partial charge in [-0.2, -0.15) is 5.06 Å². The van der Waals surface area contributed by atoms with Crippen LogP contribution in [0.5, 0.6) is 5.75 Å². The maximum Gasteiger partial charge on any atom is 0.257 e. The molecule has 2 amide bonds. The molecular formula is C35H29NO6. The lowest BCUT2D eigenvalue weighted by Gasteiger charge is -2.55. The maximum atomic E-state index is 14.8. The Morgan fingerprint density at radius 3 is 2.24 bits per heavy atom. The summed E-state index contributed by atoms with van der Waals surface area (Å²) in [4.78, 5) is 55.6. The number of phenols is 1. The van der Waals surface area contributed by atoms with Crippen LogP contribution in [0.2, 0.25) is 0 Å². The van der Waals surface area contributed by atoms with Gasteiger partial charge in [0.25, 0.3) is 11.8 Å². The normalized spacial score (nSPS) is 30.3. The number of hydroxylamine groups is 2. The van der Waals surface area contributed by atoms with Crippen LogP contribution in [0.1, 0.15) is 41.0 Å². The fourth-order valence-electron chi connectivity index (χ4n) is 8.09. The molecule has 6 unspecified atom stereocenters. The minimum absolute atomic E-state index is 0.110. The van der Waals surface area contributed by atoms with Crippen molar-refractivity contribution in [3.8, 4) is 5.75 Å². The van der Waals surface area contributed by atoms with Gasteiger partial charge in [-0.05, 0) is 60.1 Å². The van der Waals surface area contributed by atoms with Crippen LogP contribution >= 0.6 is 0 Å². The molecule has 1 heterocycles. The van der Waals surface area contributed by atoms with Crippen molar-refractivity contribution >= 4 is 29.0 Å². The molecule has 7 heteroatoms. The number of carbonyl (C=O) groups excluding carboxylic acids is 4. The number of phenolic OH excluding ortho intramolecular Hbond substituents is 1. The number of aromatic hydroxyl groups is 1. The standard InChI is InChI=1S/C35H29NO6/c1-19-16-21(12-15-28(19)37)31-23-13-14-24-30(34(41)36(42)33(24)40)26(23)17-27-32(39)25(20-8-4-2-5-9-20)18-29(38)35(27,31)22-10-6-3-7-11-22/h2-13,15-16,18,24,26-27,30-31,37,42H,14,17H2,1H3. The number of carbonyl (C=O) groups is 4. The average Bonchev–Trinajstić information content (AvgIpc) is 3.23. The second-order valence-corrected chi connectivity index (χ2v) is 11.8. The molecule has 7 rings (SSSR count). The number of benzene rings is 3. The summed E-state index contributed by atoms with van der Waals surface area (Å²) < 4.78 is 0. The molecule has 7 nitrogen and oxygen atoms in total. The number of amides is 2. The first-order valence-electron chi connectivity index (χ1n) is 14.2. The fourth-order valence-corrected chi connectivity index (χ4v) is 8.09. The third-order valence-electron chi connectivity index (χ3n) is 9.91. The van der Waals surface area contributed by atoms with E-state index in [-0.39, 0.29) is 35.2 Å². The van der Waals surface area contributed by atoms with Crippen molar-refractivity contribution in [1.82, 2.24) is 5.06 Å². The number of imide groups is 1. The highest BCUT2D eigenvalue weighted by molar-refractivity contribution is 6.31. The summed E-state index contributed by atoms with van der Waals surface area (Å²) in [6, 6.07) is 23.6. The zero-order valence-electron chi connectivity index (χ0n) is 22.9. The van der Waals surface area contributed by atoms with E-state index in [2.05, 4.69) is 0 Å². The smallest absolute Gasteiger partial charge is 0.257 e. The third-order valence-corrected chi connectivity index (χ3v) is 9.91. The first-order valence-corrected chi connectivity index (χ1v) is 14.2. The first-order chi connectivity index (χ1) is 20.2.